The fraction of sp³-hybridized carbons (Fsp3) is 0.333. The number of fused-ring (bicyclic) bond motifs is 6. The molecule has 4 unspecified atom stereocenters. The molecule has 0 N–H and O–H groups in total. The van der Waals surface area contributed by atoms with Crippen LogP contribution in [0.25, 0.3) is 10.8 Å². The fourth-order valence-corrected chi connectivity index (χ4v) is 4.99. The molecule has 3 aliphatic rings. The Morgan fingerprint density at radius 2 is 1.81 bits per heavy atom. The molecule has 5 rings (SSSR count). The number of imide groups is 1. The molecule has 0 aromatic heterocycles. The summed E-state index contributed by atoms with van der Waals surface area (Å²) in [6.45, 7) is 1.76. The highest BCUT2D eigenvalue weighted by Crippen LogP contribution is 2.52. The van der Waals surface area contributed by atoms with E-state index in [2.05, 4.69) is 17.3 Å². The van der Waals surface area contributed by atoms with E-state index >= 15 is 0 Å². The second-order valence-corrected chi connectivity index (χ2v) is 8.02. The third-order valence-corrected chi connectivity index (χ3v) is 6.33. The van der Waals surface area contributed by atoms with Gasteiger partial charge in [-0.2, -0.15) is 10.1 Å². The minimum atomic E-state index is -0.473. The van der Waals surface area contributed by atoms with Gasteiger partial charge in [0.2, 0.25) is 0 Å². The van der Waals surface area contributed by atoms with E-state index in [1.54, 1.807) is 13.0 Å². The third-order valence-electron chi connectivity index (χ3n) is 6.33. The summed E-state index contributed by atoms with van der Waals surface area (Å²) in [6, 6.07) is 11.3. The lowest BCUT2D eigenvalue weighted by Crippen LogP contribution is -2.28. The zero-order chi connectivity index (χ0) is 21.5. The lowest BCUT2D eigenvalue weighted by Gasteiger charge is -2.13. The van der Waals surface area contributed by atoms with Crippen molar-refractivity contribution in [2.24, 2.45) is 28.8 Å². The van der Waals surface area contributed by atoms with Gasteiger partial charge in [-0.05, 0) is 42.0 Å². The van der Waals surface area contributed by atoms with Crippen molar-refractivity contribution >= 4 is 34.8 Å². The Morgan fingerprint density at radius 3 is 2.52 bits per heavy atom. The van der Waals surface area contributed by atoms with E-state index in [-0.39, 0.29) is 48.7 Å². The van der Waals surface area contributed by atoms with Crippen LogP contribution in [-0.2, 0) is 19.1 Å². The number of hydrogen-bond donors (Lipinski definition) is 0. The smallest absolute Gasteiger partial charge is 0.344 e. The Bertz CT molecular complexity index is 1110. The average Bonchev–Trinajstić information content (AvgIpc) is 3.45. The van der Waals surface area contributed by atoms with Crippen molar-refractivity contribution in [3.63, 3.8) is 0 Å². The molecule has 1 saturated heterocycles. The molecule has 158 valence electrons. The zero-order valence-corrected chi connectivity index (χ0v) is 17.1. The number of rotatable bonds is 6. The Balaban J connectivity index is 1.46. The number of hydrazone groups is 1. The van der Waals surface area contributed by atoms with Crippen LogP contribution in [0.15, 0.2) is 53.7 Å². The molecule has 0 radical (unpaired) electrons. The van der Waals surface area contributed by atoms with Gasteiger partial charge >= 0.3 is 5.97 Å². The van der Waals surface area contributed by atoms with E-state index in [9.17, 15) is 14.4 Å². The molecule has 7 nitrogen and oxygen atoms in total. The van der Waals surface area contributed by atoms with Gasteiger partial charge < -0.3 is 9.47 Å². The predicted molar refractivity (Wildman–Crippen MR) is 113 cm³/mol. The molecular weight excluding hydrogens is 396 g/mol. The summed E-state index contributed by atoms with van der Waals surface area (Å²) in [5.41, 5.74) is 0.598. The SMILES string of the molecule is CCOC(=O)COc1ccc2ccccc2c1C=NN1C(=O)C2C3C=CC(C3)C2C1=O. The molecule has 31 heavy (non-hydrogen) atoms. The summed E-state index contributed by atoms with van der Waals surface area (Å²) in [5.74, 6) is -0.857. The fourth-order valence-electron chi connectivity index (χ4n) is 4.99. The molecule has 2 aromatic carbocycles. The van der Waals surface area contributed by atoms with Crippen molar-refractivity contribution in [2.45, 2.75) is 13.3 Å². The molecule has 2 bridgehead atoms. The maximum absolute atomic E-state index is 12.9. The predicted octanol–water partition coefficient (Wildman–Crippen LogP) is 2.92. The van der Waals surface area contributed by atoms with Gasteiger partial charge in [0.15, 0.2) is 6.61 Å². The number of allylic oxidation sites excluding steroid dienone is 2. The molecule has 2 fully saturated rings. The van der Waals surface area contributed by atoms with Crippen LogP contribution in [0.1, 0.15) is 18.9 Å². The Morgan fingerprint density at radius 1 is 1.10 bits per heavy atom. The van der Waals surface area contributed by atoms with Crippen molar-refractivity contribution in [3.05, 3.63) is 54.1 Å². The normalized spacial score (nSPS) is 26.3. The summed E-state index contributed by atoms with van der Waals surface area (Å²) >= 11 is 0. The number of carbonyl (C=O) groups excluding carboxylic acids is 3. The van der Waals surface area contributed by atoms with Crippen LogP contribution >= 0.6 is 0 Å². The maximum Gasteiger partial charge on any atom is 0.344 e. The summed E-state index contributed by atoms with van der Waals surface area (Å²) in [4.78, 5) is 37.6. The van der Waals surface area contributed by atoms with Crippen molar-refractivity contribution in [3.8, 4) is 5.75 Å². The average molecular weight is 418 g/mol. The molecule has 7 heteroatoms. The molecule has 1 heterocycles. The van der Waals surface area contributed by atoms with Crippen LogP contribution in [-0.4, -0.2) is 42.2 Å². The van der Waals surface area contributed by atoms with Crippen LogP contribution in [0.3, 0.4) is 0 Å². The van der Waals surface area contributed by atoms with E-state index in [1.807, 2.05) is 30.3 Å². The lowest BCUT2D eigenvalue weighted by atomic mass is 9.85. The maximum atomic E-state index is 12.9. The highest BCUT2D eigenvalue weighted by molar-refractivity contribution is 6.08. The van der Waals surface area contributed by atoms with Crippen LogP contribution in [0.2, 0.25) is 0 Å². The van der Waals surface area contributed by atoms with E-state index in [0.717, 1.165) is 22.2 Å². The summed E-state index contributed by atoms with van der Waals surface area (Å²) in [7, 11) is 0. The Hall–Kier alpha value is -3.48. The number of amides is 2. The first-order valence-corrected chi connectivity index (χ1v) is 10.5. The number of hydrogen-bond acceptors (Lipinski definition) is 6. The minimum absolute atomic E-state index is 0.132. The van der Waals surface area contributed by atoms with Gasteiger partial charge in [-0.3, -0.25) is 9.59 Å². The molecule has 2 amide bonds. The topological polar surface area (TPSA) is 85.3 Å². The quantitative estimate of drug-likeness (QED) is 0.312. The third kappa shape index (κ3) is 3.21. The van der Waals surface area contributed by atoms with E-state index in [0.29, 0.717) is 11.3 Å². The molecule has 0 spiro atoms. The number of benzene rings is 2. The van der Waals surface area contributed by atoms with Gasteiger partial charge in [0.05, 0.1) is 24.7 Å². The van der Waals surface area contributed by atoms with Gasteiger partial charge in [0.1, 0.15) is 5.75 Å². The summed E-state index contributed by atoms with van der Waals surface area (Å²) in [6.07, 6.45) is 6.46. The molecule has 4 atom stereocenters. The minimum Gasteiger partial charge on any atom is -0.481 e. The van der Waals surface area contributed by atoms with Gasteiger partial charge in [0.25, 0.3) is 11.8 Å². The van der Waals surface area contributed by atoms with E-state index < -0.39 is 5.97 Å². The number of nitrogens with zero attached hydrogens (tertiary/aromatic N) is 2. The van der Waals surface area contributed by atoms with Gasteiger partial charge in [0, 0.05) is 5.56 Å². The molecule has 2 aromatic rings. The van der Waals surface area contributed by atoms with Crippen molar-refractivity contribution in [1.82, 2.24) is 5.01 Å². The van der Waals surface area contributed by atoms with E-state index in [4.69, 9.17) is 9.47 Å². The van der Waals surface area contributed by atoms with Crippen LogP contribution in [0.5, 0.6) is 5.75 Å². The van der Waals surface area contributed by atoms with E-state index in [1.165, 1.54) is 6.21 Å². The first-order valence-electron chi connectivity index (χ1n) is 10.5. The summed E-state index contributed by atoms with van der Waals surface area (Å²) in [5, 5.41) is 7.10. The Labute approximate surface area is 179 Å². The monoisotopic (exact) mass is 418 g/mol. The van der Waals surface area contributed by atoms with Crippen molar-refractivity contribution < 1.29 is 23.9 Å². The zero-order valence-electron chi connectivity index (χ0n) is 17.1. The number of esters is 1. The number of carbonyl (C=O) groups is 3. The highest BCUT2D eigenvalue weighted by Gasteiger charge is 2.59. The number of ether oxygens (including phenoxy) is 2. The molecule has 1 saturated carbocycles. The first-order chi connectivity index (χ1) is 15.1. The lowest BCUT2D eigenvalue weighted by molar-refractivity contribution is -0.145. The first kappa shape index (κ1) is 19.5. The van der Waals surface area contributed by atoms with Crippen LogP contribution in [0, 0.1) is 23.7 Å². The largest absolute Gasteiger partial charge is 0.481 e. The van der Waals surface area contributed by atoms with Crippen molar-refractivity contribution in [2.75, 3.05) is 13.2 Å². The van der Waals surface area contributed by atoms with Gasteiger partial charge in [-0.25, -0.2) is 4.79 Å². The van der Waals surface area contributed by atoms with Crippen molar-refractivity contribution in [1.29, 1.82) is 0 Å². The second kappa shape index (κ2) is 7.65. The Kier molecular flexibility index (Phi) is 4.81. The second-order valence-electron chi connectivity index (χ2n) is 8.02. The summed E-state index contributed by atoms with van der Waals surface area (Å²) < 4.78 is 10.6. The molecule has 1 aliphatic heterocycles. The van der Waals surface area contributed by atoms with Crippen LogP contribution < -0.4 is 4.74 Å². The van der Waals surface area contributed by atoms with Gasteiger partial charge in [-0.1, -0.05) is 42.5 Å². The van der Waals surface area contributed by atoms with Crippen LogP contribution in [0.4, 0.5) is 0 Å². The highest BCUT2D eigenvalue weighted by atomic mass is 16.6. The molecule has 2 aliphatic carbocycles. The standard InChI is InChI=1S/C24H22N2O5/c1-2-30-20(27)13-31-19-10-9-14-5-3-4-6-17(14)18(19)12-25-26-23(28)21-15-7-8-16(11-15)22(21)24(26)29/h3-10,12,15-16,21-22H,2,11,13H2,1H3. The molecular formula is C24H22N2O5. The van der Waals surface area contributed by atoms with Gasteiger partial charge in [-0.15, -0.1) is 0 Å².